The number of ether oxygens (including phenoxy) is 1. The Hall–Kier alpha value is -2.45. The quantitative estimate of drug-likeness (QED) is 0.878. The Kier molecular flexibility index (Phi) is 4.43. The molecule has 5 nitrogen and oxygen atoms in total. The van der Waals surface area contributed by atoms with Crippen molar-refractivity contribution in [1.29, 1.82) is 5.26 Å². The highest BCUT2D eigenvalue weighted by Crippen LogP contribution is 2.07. The van der Waals surface area contributed by atoms with Gasteiger partial charge in [-0.05, 0) is 11.6 Å². The first kappa shape index (κ1) is 13.0. The van der Waals surface area contributed by atoms with Crippen LogP contribution in [-0.4, -0.2) is 17.1 Å². The van der Waals surface area contributed by atoms with E-state index in [1.807, 2.05) is 24.3 Å². The number of hydrogen-bond acceptors (Lipinski definition) is 5. The van der Waals surface area contributed by atoms with Gasteiger partial charge in [0.1, 0.15) is 11.8 Å². The van der Waals surface area contributed by atoms with E-state index in [1.165, 1.54) is 0 Å². The second kappa shape index (κ2) is 6.47. The maximum Gasteiger partial charge on any atom is 0.212 e. The van der Waals surface area contributed by atoms with Crippen LogP contribution in [-0.2, 0) is 13.1 Å². The number of aromatic nitrogens is 2. The van der Waals surface area contributed by atoms with Crippen molar-refractivity contribution in [2.24, 2.45) is 0 Å². The highest BCUT2D eigenvalue weighted by atomic mass is 16.5. The minimum absolute atomic E-state index is 0.461. The zero-order valence-corrected chi connectivity index (χ0v) is 10.6. The maximum atomic E-state index is 8.93. The molecule has 5 heteroatoms. The van der Waals surface area contributed by atoms with Crippen LogP contribution in [0.5, 0.6) is 5.88 Å². The third kappa shape index (κ3) is 3.50. The van der Waals surface area contributed by atoms with Crippen LogP contribution in [0.15, 0.2) is 36.7 Å². The summed E-state index contributed by atoms with van der Waals surface area (Å²) < 4.78 is 5.00. The Morgan fingerprint density at radius 3 is 2.84 bits per heavy atom. The Morgan fingerprint density at radius 2 is 2.16 bits per heavy atom. The van der Waals surface area contributed by atoms with Crippen molar-refractivity contribution in [3.05, 3.63) is 53.5 Å². The summed E-state index contributed by atoms with van der Waals surface area (Å²) >= 11 is 0. The monoisotopic (exact) mass is 254 g/mol. The summed E-state index contributed by atoms with van der Waals surface area (Å²) in [5.74, 6) is 0.600. The Bertz CT molecular complexity index is 575. The van der Waals surface area contributed by atoms with Crippen molar-refractivity contribution in [2.75, 3.05) is 7.11 Å². The Balaban J connectivity index is 1.91. The van der Waals surface area contributed by atoms with Gasteiger partial charge in [0, 0.05) is 37.1 Å². The molecule has 2 aromatic heterocycles. The van der Waals surface area contributed by atoms with E-state index in [-0.39, 0.29) is 0 Å². The van der Waals surface area contributed by atoms with E-state index in [0.29, 0.717) is 24.7 Å². The normalized spacial score (nSPS) is 9.89. The van der Waals surface area contributed by atoms with Crippen LogP contribution in [0.25, 0.3) is 0 Å². The van der Waals surface area contributed by atoms with Gasteiger partial charge in [-0.15, -0.1) is 0 Å². The number of nitrogens with zero attached hydrogens (tertiary/aromatic N) is 3. The average molecular weight is 254 g/mol. The van der Waals surface area contributed by atoms with Crippen LogP contribution in [0.3, 0.4) is 0 Å². The Morgan fingerprint density at radius 1 is 1.26 bits per heavy atom. The van der Waals surface area contributed by atoms with Gasteiger partial charge >= 0.3 is 0 Å². The molecule has 0 aliphatic heterocycles. The Labute approximate surface area is 111 Å². The van der Waals surface area contributed by atoms with Crippen molar-refractivity contribution in [2.45, 2.75) is 13.1 Å². The number of methoxy groups -OCH3 is 1. The largest absolute Gasteiger partial charge is 0.481 e. The van der Waals surface area contributed by atoms with Crippen molar-refractivity contribution in [3.63, 3.8) is 0 Å². The fraction of sp³-hybridized carbons (Fsp3) is 0.214. The molecule has 96 valence electrons. The minimum Gasteiger partial charge on any atom is -0.481 e. The maximum absolute atomic E-state index is 8.93. The van der Waals surface area contributed by atoms with Crippen molar-refractivity contribution < 1.29 is 4.74 Å². The van der Waals surface area contributed by atoms with E-state index in [0.717, 1.165) is 11.1 Å². The number of rotatable bonds is 5. The topological polar surface area (TPSA) is 70.8 Å². The van der Waals surface area contributed by atoms with Gasteiger partial charge in [-0.2, -0.15) is 5.26 Å². The second-order valence-electron chi connectivity index (χ2n) is 3.94. The van der Waals surface area contributed by atoms with Gasteiger partial charge in [0.15, 0.2) is 0 Å². The molecule has 0 radical (unpaired) electrons. The standard InChI is InChI=1S/C14H14N4O/c1-19-14-5-4-11(9-18-14)8-16-10-12-3-2-6-17-13(12)7-15/h2-6,9,16H,8,10H2,1H3. The lowest BCUT2D eigenvalue weighted by Gasteiger charge is -2.06. The van der Waals surface area contributed by atoms with Crippen LogP contribution in [0.4, 0.5) is 0 Å². The lowest BCUT2D eigenvalue weighted by Crippen LogP contribution is -2.14. The van der Waals surface area contributed by atoms with E-state index in [1.54, 1.807) is 19.5 Å². The summed E-state index contributed by atoms with van der Waals surface area (Å²) in [7, 11) is 1.59. The van der Waals surface area contributed by atoms with E-state index < -0.39 is 0 Å². The van der Waals surface area contributed by atoms with Gasteiger partial charge < -0.3 is 10.1 Å². The molecule has 0 saturated heterocycles. The number of pyridine rings is 2. The van der Waals surface area contributed by atoms with Gasteiger partial charge in [0.2, 0.25) is 5.88 Å². The molecule has 2 aromatic rings. The summed E-state index contributed by atoms with van der Waals surface area (Å²) in [6, 6.07) is 9.57. The van der Waals surface area contributed by atoms with E-state index >= 15 is 0 Å². The third-order valence-electron chi connectivity index (χ3n) is 2.65. The molecule has 0 aliphatic rings. The van der Waals surface area contributed by atoms with E-state index in [4.69, 9.17) is 10.00 Å². The summed E-state index contributed by atoms with van der Waals surface area (Å²) in [5.41, 5.74) is 2.41. The first-order chi connectivity index (χ1) is 9.33. The molecule has 0 atom stereocenters. The molecule has 0 saturated carbocycles. The number of nitrogens with one attached hydrogen (secondary N) is 1. The molecular weight excluding hydrogens is 240 g/mol. The molecule has 0 amide bonds. The number of hydrogen-bond donors (Lipinski definition) is 1. The molecule has 19 heavy (non-hydrogen) atoms. The smallest absolute Gasteiger partial charge is 0.212 e. The lowest BCUT2D eigenvalue weighted by molar-refractivity contribution is 0.397. The minimum atomic E-state index is 0.461. The second-order valence-corrected chi connectivity index (χ2v) is 3.94. The molecule has 0 aliphatic carbocycles. The summed E-state index contributed by atoms with van der Waals surface area (Å²) in [5, 5.41) is 12.2. The first-order valence-electron chi connectivity index (χ1n) is 5.87. The van der Waals surface area contributed by atoms with Crippen molar-refractivity contribution in [1.82, 2.24) is 15.3 Å². The molecule has 0 bridgehead atoms. The average Bonchev–Trinajstić information content (AvgIpc) is 2.48. The predicted octanol–water partition coefficient (Wildman–Crippen LogP) is 1.65. The van der Waals surface area contributed by atoms with Crippen LogP contribution in [0.1, 0.15) is 16.8 Å². The van der Waals surface area contributed by atoms with E-state index in [2.05, 4.69) is 21.4 Å². The lowest BCUT2D eigenvalue weighted by atomic mass is 10.2. The molecule has 0 aromatic carbocycles. The van der Waals surface area contributed by atoms with Crippen LogP contribution < -0.4 is 10.1 Å². The zero-order valence-electron chi connectivity index (χ0n) is 10.6. The third-order valence-corrected chi connectivity index (χ3v) is 2.65. The van der Waals surface area contributed by atoms with Crippen LogP contribution in [0, 0.1) is 11.3 Å². The van der Waals surface area contributed by atoms with Gasteiger partial charge in [-0.25, -0.2) is 9.97 Å². The summed E-state index contributed by atoms with van der Waals surface area (Å²) in [6.07, 6.45) is 3.38. The molecule has 2 heterocycles. The zero-order chi connectivity index (χ0) is 13.5. The van der Waals surface area contributed by atoms with Gasteiger partial charge in [0.25, 0.3) is 0 Å². The molecule has 1 N–H and O–H groups in total. The van der Waals surface area contributed by atoms with Crippen LogP contribution >= 0.6 is 0 Å². The first-order valence-corrected chi connectivity index (χ1v) is 5.87. The highest BCUT2D eigenvalue weighted by Gasteiger charge is 2.02. The SMILES string of the molecule is COc1ccc(CNCc2cccnc2C#N)cn1. The molecule has 0 spiro atoms. The summed E-state index contributed by atoms with van der Waals surface area (Å²) in [4.78, 5) is 8.15. The van der Waals surface area contributed by atoms with Crippen molar-refractivity contribution >= 4 is 0 Å². The fourth-order valence-electron chi connectivity index (χ4n) is 1.66. The number of nitriles is 1. The molecule has 0 unspecified atom stereocenters. The van der Waals surface area contributed by atoms with E-state index in [9.17, 15) is 0 Å². The van der Waals surface area contributed by atoms with Gasteiger partial charge in [-0.3, -0.25) is 0 Å². The van der Waals surface area contributed by atoms with Crippen molar-refractivity contribution in [3.8, 4) is 11.9 Å². The van der Waals surface area contributed by atoms with Gasteiger partial charge in [0.05, 0.1) is 7.11 Å². The van der Waals surface area contributed by atoms with Crippen LogP contribution in [0.2, 0.25) is 0 Å². The molecule has 2 rings (SSSR count). The molecular formula is C14H14N4O. The predicted molar refractivity (Wildman–Crippen MR) is 70.3 cm³/mol. The molecule has 0 fully saturated rings. The highest BCUT2D eigenvalue weighted by molar-refractivity contribution is 5.30. The fourth-order valence-corrected chi connectivity index (χ4v) is 1.66. The summed E-state index contributed by atoms with van der Waals surface area (Å²) in [6.45, 7) is 1.28. The van der Waals surface area contributed by atoms with Gasteiger partial charge in [-0.1, -0.05) is 12.1 Å².